The van der Waals surface area contributed by atoms with Gasteiger partial charge in [0, 0.05) is 33.4 Å². The van der Waals surface area contributed by atoms with Crippen molar-refractivity contribution in [2.45, 2.75) is 33.6 Å². The number of methoxy groups -OCH3 is 1. The average Bonchev–Trinajstić information content (AvgIpc) is 2.49. The molecule has 0 spiro atoms. The average molecular weight is 433 g/mol. The molecule has 0 saturated heterocycles. The molecule has 23 heavy (non-hydrogen) atoms. The highest BCUT2D eigenvalue weighted by Gasteiger charge is 2.18. The molecule has 0 unspecified atom stereocenters. The molecular formula is C18H32IN3O. The number of hydrogen-bond donors (Lipinski definition) is 2. The highest BCUT2D eigenvalue weighted by Crippen LogP contribution is 2.22. The van der Waals surface area contributed by atoms with Crippen molar-refractivity contribution in [3.05, 3.63) is 35.9 Å². The van der Waals surface area contributed by atoms with Gasteiger partial charge in [-0.05, 0) is 30.7 Å². The molecule has 2 N–H and O–H groups in total. The molecule has 0 fully saturated rings. The van der Waals surface area contributed by atoms with Crippen molar-refractivity contribution in [1.82, 2.24) is 10.6 Å². The molecule has 0 aliphatic heterocycles. The lowest BCUT2D eigenvalue weighted by Crippen LogP contribution is -2.39. The van der Waals surface area contributed by atoms with Crippen molar-refractivity contribution in [1.29, 1.82) is 0 Å². The Hall–Kier alpha value is -0.820. The highest BCUT2D eigenvalue weighted by molar-refractivity contribution is 14.0. The lowest BCUT2D eigenvalue weighted by atomic mass is 9.86. The van der Waals surface area contributed by atoms with Crippen LogP contribution in [0.3, 0.4) is 0 Å². The maximum absolute atomic E-state index is 5.06. The van der Waals surface area contributed by atoms with Gasteiger partial charge < -0.3 is 15.4 Å². The number of hydrogen-bond acceptors (Lipinski definition) is 2. The normalized spacial score (nSPS) is 11.7. The predicted octanol–water partition coefficient (Wildman–Crippen LogP) is 3.46. The summed E-state index contributed by atoms with van der Waals surface area (Å²) in [5, 5.41) is 6.64. The van der Waals surface area contributed by atoms with Gasteiger partial charge >= 0.3 is 0 Å². The first kappa shape index (κ1) is 22.2. The van der Waals surface area contributed by atoms with Crippen LogP contribution in [-0.4, -0.2) is 39.3 Å². The fourth-order valence-corrected chi connectivity index (χ4v) is 2.26. The molecule has 1 aromatic carbocycles. The third kappa shape index (κ3) is 10.5. The van der Waals surface area contributed by atoms with Crippen LogP contribution in [0.5, 0.6) is 0 Å². The molecule has 0 aromatic heterocycles. The molecule has 5 heteroatoms. The van der Waals surface area contributed by atoms with Crippen LogP contribution in [-0.2, 0) is 11.2 Å². The van der Waals surface area contributed by atoms with E-state index < -0.39 is 0 Å². The van der Waals surface area contributed by atoms with Crippen LogP contribution in [0.4, 0.5) is 0 Å². The molecule has 132 valence electrons. The molecule has 4 nitrogen and oxygen atoms in total. The highest BCUT2D eigenvalue weighted by atomic mass is 127. The Morgan fingerprint density at radius 1 is 1.17 bits per heavy atom. The van der Waals surface area contributed by atoms with Crippen LogP contribution in [0.2, 0.25) is 0 Å². The summed E-state index contributed by atoms with van der Waals surface area (Å²) >= 11 is 0. The second kappa shape index (κ2) is 12.6. The molecule has 0 radical (unpaired) electrons. The maximum atomic E-state index is 5.06. The minimum absolute atomic E-state index is 0. The van der Waals surface area contributed by atoms with Crippen LogP contribution in [0.1, 0.15) is 32.8 Å². The lowest BCUT2D eigenvalue weighted by molar-refractivity contribution is 0.195. The minimum Gasteiger partial charge on any atom is -0.385 e. The van der Waals surface area contributed by atoms with E-state index in [4.69, 9.17) is 9.73 Å². The van der Waals surface area contributed by atoms with Crippen molar-refractivity contribution < 1.29 is 4.74 Å². The smallest absolute Gasteiger partial charge is 0.191 e. The van der Waals surface area contributed by atoms with E-state index in [9.17, 15) is 0 Å². The Morgan fingerprint density at radius 2 is 1.87 bits per heavy atom. The lowest BCUT2D eigenvalue weighted by Gasteiger charge is -2.23. The number of nitrogens with zero attached hydrogens (tertiary/aromatic N) is 1. The molecule has 0 aliphatic carbocycles. The first-order chi connectivity index (χ1) is 10.6. The molecule has 0 atom stereocenters. The van der Waals surface area contributed by atoms with Crippen LogP contribution < -0.4 is 10.6 Å². The zero-order chi connectivity index (χ0) is 16.3. The number of halogens is 1. The van der Waals surface area contributed by atoms with Gasteiger partial charge in [0.15, 0.2) is 5.96 Å². The summed E-state index contributed by atoms with van der Waals surface area (Å²) in [4.78, 5) is 4.73. The van der Waals surface area contributed by atoms with Gasteiger partial charge in [-0.15, -0.1) is 24.0 Å². The molecule has 0 amide bonds. The fourth-order valence-electron chi connectivity index (χ4n) is 2.26. The van der Waals surface area contributed by atoms with Crippen LogP contribution in [0, 0.1) is 5.41 Å². The summed E-state index contributed by atoms with van der Waals surface area (Å²) < 4.78 is 5.06. The van der Waals surface area contributed by atoms with Gasteiger partial charge in [-0.2, -0.15) is 0 Å². The summed E-state index contributed by atoms with van der Waals surface area (Å²) in [5.74, 6) is 0.889. The number of rotatable bonds is 9. The van der Waals surface area contributed by atoms with E-state index in [-0.39, 0.29) is 29.4 Å². The van der Waals surface area contributed by atoms with E-state index in [2.05, 4.69) is 61.7 Å². The number of ether oxygens (including phenoxy) is 1. The van der Waals surface area contributed by atoms with E-state index in [1.807, 2.05) is 0 Å². The summed E-state index contributed by atoms with van der Waals surface area (Å²) in [6.07, 6.45) is 2.01. The first-order valence-corrected chi connectivity index (χ1v) is 8.12. The van der Waals surface area contributed by atoms with Gasteiger partial charge in [0.05, 0.1) is 0 Å². The van der Waals surface area contributed by atoms with Gasteiger partial charge in [0.1, 0.15) is 0 Å². The Morgan fingerprint density at radius 3 is 2.48 bits per heavy atom. The van der Waals surface area contributed by atoms with Gasteiger partial charge in [-0.3, -0.25) is 4.99 Å². The summed E-state index contributed by atoms with van der Waals surface area (Å²) in [5.41, 5.74) is 1.50. The van der Waals surface area contributed by atoms with E-state index in [0.29, 0.717) is 0 Å². The number of nitrogens with one attached hydrogen (secondary N) is 2. The van der Waals surface area contributed by atoms with Crippen LogP contribution in [0.15, 0.2) is 35.3 Å². The van der Waals surface area contributed by atoms with Crippen LogP contribution >= 0.6 is 24.0 Å². The largest absolute Gasteiger partial charge is 0.385 e. The van der Waals surface area contributed by atoms with Gasteiger partial charge in [-0.1, -0.05) is 44.2 Å². The first-order valence-electron chi connectivity index (χ1n) is 8.12. The fraction of sp³-hybridized carbons (Fsp3) is 0.611. The number of aliphatic imine (C=N–C) groups is 1. The third-order valence-electron chi connectivity index (χ3n) is 3.35. The summed E-state index contributed by atoms with van der Waals surface area (Å²) in [6.45, 7) is 9.92. The maximum Gasteiger partial charge on any atom is 0.191 e. The minimum atomic E-state index is 0. The molecule has 0 saturated carbocycles. The van der Waals surface area contributed by atoms with Crippen molar-refractivity contribution in [2.24, 2.45) is 10.4 Å². The quantitative estimate of drug-likeness (QED) is 0.271. The Labute approximate surface area is 158 Å². The van der Waals surface area contributed by atoms with Crippen LogP contribution in [0.25, 0.3) is 0 Å². The molecular weight excluding hydrogens is 401 g/mol. The zero-order valence-corrected chi connectivity index (χ0v) is 17.2. The van der Waals surface area contributed by atoms with E-state index in [1.165, 1.54) is 5.56 Å². The van der Waals surface area contributed by atoms with Gasteiger partial charge in [0.2, 0.25) is 0 Å². The summed E-state index contributed by atoms with van der Waals surface area (Å²) in [6, 6.07) is 10.6. The van der Waals surface area contributed by atoms with E-state index >= 15 is 0 Å². The molecule has 0 heterocycles. The Balaban J connectivity index is 0.00000484. The topological polar surface area (TPSA) is 45.7 Å². The SMILES string of the molecule is CCNC(=NCC(C)(C)Cc1ccccc1)NCCCOC.I. The predicted molar refractivity (Wildman–Crippen MR) is 110 cm³/mol. The molecule has 0 bridgehead atoms. The van der Waals surface area contributed by atoms with Crippen molar-refractivity contribution >= 4 is 29.9 Å². The third-order valence-corrected chi connectivity index (χ3v) is 3.35. The van der Waals surface area contributed by atoms with Gasteiger partial charge in [0.25, 0.3) is 0 Å². The monoisotopic (exact) mass is 433 g/mol. The van der Waals surface area contributed by atoms with E-state index in [0.717, 1.165) is 45.0 Å². The molecule has 1 rings (SSSR count). The number of guanidine groups is 1. The van der Waals surface area contributed by atoms with Crippen molar-refractivity contribution in [3.63, 3.8) is 0 Å². The van der Waals surface area contributed by atoms with Crippen molar-refractivity contribution in [3.8, 4) is 0 Å². The van der Waals surface area contributed by atoms with Gasteiger partial charge in [-0.25, -0.2) is 0 Å². The van der Waals surface area contributed by atoms with E-state index in [1.54, 1.807) is 7.11 Å². The second-order valence-corrected chi connectivity index (χ2v) is 6.29. The zero-order valence-electron chi connectivity index (χ0n) is 14.9. The Bertz CT molecular complexity index is 435. The standard InChI is InChI=1S/C18H31N3O.HI/c1-5-19-17(20-12-9-13-22-4)21-15-18(2,3)14-16-10-7-6-8-11-16;/h6-8,10-11H,5,9,12-15H2,1-4H3,(H2,19,20,21);1H. The summed E-state index contributed by atoms with van der Waals surface area (Å²) in [7, 11) is 1.73. The Kier molecular flexibility index (Phi) is 12.1. The second-order valence-electron chi connectivity index (χ2n) is 6.29. The molecule has 0 aliphatic rings. The molecule has 1 aromatic rings. The van der Waals surface area contributed by atoms with Crippen molar-refractivity contribution in [2.75, 3.05) is 33.4 Å². The number of benzene rings is 1.